The molecule has 148 valence electrons. The molecule has 2 aromatic rings. The molecule has 8 heteroatoms. The molecule has 1 N–H and O–H groups in total. The van der Waals surface area contributed by atoms with Crippen molar-refractivity contribution in [1.82, 2.24) is 20.1 Å². The van der Waals surface area contributed by atoms with Gasteiger partial charge in [-0.3, -0.25) is 4.79 Å². The highest BCUT2D eigenvalue weighted by molar-refractivity contribution is 7.99. The summed E-state index contributed by atoms with van der Waals surface area (Å²) in [5.74, 6) is 0.345. The van der Waals surface area contributed by atoms with Gasteiger partial charge in [-0.2, -0.15) is 5.26 Å². The summed E-state index contributed by atoms with van der Waals surface area (Å²) in [7, 11) is 0. The lowest BCUT2D eigenvalue weighted by atomic mass is 10.0. The molecule has 0 saturated heterocycles. The highest BCUT2D eigenvalue weighted by Crippen LogP contribution is 2.30. The molecule has 0 atom stereocenters. The quantitative estimate of drug-likeness (QED) is 0.714. The Hall–Kier alpha value is -2.40. The first-order valence-corrected chi connectivity index (χ1v) is 10.5. The molecule has 0 unspecified atom stereocenters. The fourth-order valence-corrected chi connectivity index (χ4v) is 4.19. The van der Waals surface area contributed by atoms with Crippen molar-refractivity contribution in [3.05, 3.63) is 30.1 Å². The zero-order chi connectivity index (χ0) is 20.1. The maximum absolute atomic E-state index is 14.2. The number of nitrogens with zero attached hydrogens (tertiary/aromatic N) is 4. The summed E-state index contributed by atoms with van der Waals surface area (Å²) < 4.78 is 16.1. The number of nitrogens with one attached hydrogen (secondary N) is 1. The number of hydrogen-bond donors (Lipinski definition) is 1. The Bertz CT molecular complexity index is 883. The van der Waals surface area contributed by atoms with E-state index in [1.54, 1.807) is 18.2 Å². The van der Waals surface area contributed by atoms with Gasteiger partial charge in [0.15, 0.2) is 11.0 Å². The number of halogens is 1. The number of hydrogen-bond acceptors (Lipinski definition) is 5. The number of amides is 1. The first-order valence-electron chi connectivity index (χ1n) is 9.47. The van der Waals surface area contributed by atoms with Crippen LogP contribution >= 0.6 is 11.8 Å². The van der Waals surface area contributed by atoms with Crippen molar-refractivity contribution >= 4 is 17.7 Å². The molecule has 0 spiro atoms. The van der Waals surface area contributed by atoms with E-state index in [2.05, 4.69) is 35.4 Å². The van der Waals surface area contributed by atoms with Gasteiger partial charge in [0.2, 0.25) is 5.91 Å². The molecule has 1 aliphatic carbocycles. The molecule has 1 amide bonds. The normalized spacial score (nSPS) is 15.5. The topological polar surface area (TPSA) is 83.6 Å². The van der Waals surface area contributed by atoms with Gasteiger partial charge >= 0.3 is 0 Å². The van der Waals surface area contributed by atoms with Crippen molar-refractivity contribution in [1.29, 1.82) is 5.26 Å². The maximum atomic E-state index is 14.2. The lowest BCUT2D eigenvalue weighted by Gasteiger charge is -2.21. The van der Waals surface area contributed by atoms with E-state index in [1.807, 2.05) is 4.57 Å². The van der Waals surface area contributed by atoms with Crippen molar-refractivity contribution in [2.24, 2.45) is 5.92 Å². The molecular formula is C20H24FN5OS. The van der Waals surface area contributed by atoms with Crippen LogP contribution in [0.15, 0.2) is 29.4 Å². The van der Waals surface area contributed by atoms with E-state index < -0.39 is 5.54 Å². The molecule has 1 fully saturated rings. The van der Waals surface area contributed by atoms with Crippen LogP contribution in [0, 0.1) is 23.1 Å². The molecule has 3 rings (SSSR count). The molecule has 0 aliphatic heterocycles. The molecule has 0 radical (unpaired) electrons. The number of thioether (sulfide) groups is 1. The van der Waals surface area contributed by atoms with E-state index in [0.29, 0.717) is 41.8 Å². The Morgan fingerprint density at radius 3 is 2.71 bits per heavy atom. The molecular weight excluding hydrogens is 377 g/mol. The van der Waals surface area contributed by atoms with Crippen LogP contribution in [0.2, 0.25) is 0 Å². The highest BCUT2D eigenvalue weighted by atomic mass is 32.2. The summed E-state index contributed by atoms with van der Waals surface area (Å²) >= 11 is 1.26. The van der Waals surface area contributed by atoms with Crippen LogP contribution in [0.5, 0.6) is 0 Å². The van der Waals surface area contributed by atoms with E-state index >= 15 is 0 Å². The van der Waals surface area contributed by atoms with Crippen molar-refractivity contribution in [3.63, 3.8) is 0 Å². The van der Waals surface area contributed by atoms with E-state index in [9.17, 15) is 14.4 Å². The summed E-state index contributed by atoms with van der Waals surface area (Å²) in [4.78, 5) is 12.4. The van der Waals surface area contributed by atoms with E-state index in [1.165, 1.54) is 17.8 Å². The Morgan fingerprint density at radius 2 is 2.07 bits per heavy atom. The minimum atomic E-state index is -0.735. The van der Waals surface area contributed by atoms with Gasteiger partial charge < -0.3 is 9.88 Å². The van der Waals surface area contributed by atoms with Crippen LogP contribution < -0.4 is 5.32 Å². The molecule has 6 nitrogen and oxygen atoms in total. The fraction of sp³-hybridized carbons (Fsp3) is 0.500. The van der Waals surface area contributed by atoms with Crippen LogP contribution in [-0.4, -0.2) is 32.0 Å². The smallest absolute Gasteiger partial charge is 0.231 e. The van der Waals surface area contributed by atoms with Crippen LogP contribution in [-0.2, 0) is 11.3 Å². The van der Waals surface area contributed by atoms with Crippen LogP contribution in [0.1, 0.15) is 39.5 Å². The standard InChI is InChI=1S/C20H24FN5OS/c1-14(2)11-26-18(15-7-3-4-8-16(15)21)24-25-19(26)28-12-17(27)23-20(13-22)9-5-6-10-20/h3-4,7-8,14H,5-6,9-12H2,1-2H3,(H,23,27). The van der Waals surface area contributed by atoms with E-state index in [-0.39, 0.29) is 17.5 Å². The van der Waals surface area contributed by atoms with Gasteiger partial charge in [0.25, 0.3) is 0 Å². The van der Waals surface area contributed by atoms with Gasteiger partial charge in [-0.15, -0.1) is 10.2 Å². The zero-order valence-electron chi connectivity index (χ0n) is 16.1. The average Bonchev–Trinajstić information content (AvgIpc) is 3.28. The highest BCUT2D eigenvalue weighted by Gasteiger charge is 2.35. The van der Waals surface area contributed by atoms with Crippen LogP contribution in [0.3, 0.4) is 0 Å². The van der Waals surface area contributed by atoms with Crippen molar-refractivity contribution in [2.75, 3.05) is 5.75 Å². The Balaban J connectivity index is 1.76. The number of carbonyl (C=O) groups excluding carboxylic acids is 1. The second kappa shape index (κ2) is 8.74. The molecule has 1 saturated carbocycles. The lowest BCUT2D eigenvalue weighted by Crippen LogP contribution is -2.45. The van der Waals surface area contributed by atoms with Gasteiger partial charge in [-0.05, 0) is 43.7 Å². The third-order valence-corrected chi connectivity index (χ3v) is 5.73. The molecule has 0 bridgehead atoms. The van der Waals surface area contributed by atoms with Crippen LogP contribution in [0.4, 0.5) is 4.39 Å². The van der Waals surface area contributed by atoms with Crippen molar-refractivity contribution in [2.45, 2.75) is 56.8 Å². The third kappa shape index (κ3) is 4.53. The van der Waals surface area contributed by atoms with E-state index in [0.717, 1.165) is 12.8 Å². The number of carbonyl (C=O) groups is 1. The number of aromatic nitrogens is 3. The third-order valence-electron chi connectivity index (χ3n) is 4.76. The number of benzene rings is 1. The van der Waals surface area contributed by atoms with Gasteiger partial charge in [0, 0.05) is 6.54 Å². The SMILES string of the molecule is CC(C)Cn1c(SCC(=O)NC2(C#N)CCCC2)nnc1-c1ccccc1F. The Morgan fingerprint density at radius 1 is 1.36 bits per heavy atom. The molecule has 1 aromatic carbocycles. The van der Waals surface area contributed by atoms with Crippen molar-refractivity contribution in [3.8, 4) is 17.5 Å². The second-order valence-corrected chi connectivity index (χ2v) is 8.47. The average molecular weight is 402 g/mol. The van der Waals surface area contributed by atoms with E-state index in [4.69, 9.17) is 0 Å². The molecule has 1 aliphatic rings. The Kier molecular flexibility index (Phi) is 6.35. The molecule has 1 aromatic heterocycles. The van der Waals surface area contributed by atoms with Crippen LogP contribution in [0.25, 0.3) is 11.4 Å². The Labute approximate surface area is 168 Å². The van der Waals surface area contributed by atoms with Gasteiger partial charge in [-0.1, -0.05) is 37.7 Å². The summed E-state index contributed by atoms with van der Waals surface area (Å²) in [6.07, 6.45) is 3.30. The largest absolute Gasteiger partial charge is 0.337 e. The van der Waals surface area contributed by atoms with Gasteiger partial charge in [0.1, 0.15) is 11.4 Å². The second-order valence-electron chi connectivity index (χ2n) is 7.53. The summed E-state index contributed by atoms with van der Waals surface area (Å²) in [6.45, 7) is 4.73. The minimum absolute atomic E-state index is 0.136. The lowest BCUT2D eigenvalue weighted by molar-refractivity contribution is -0.119. The molecule has 1 heterocycles. The predicted molar refractivity (Wildman–Crippen MR) is 106 cm³/mol. The predicted octanol–water partition coefficient (Wildman–Crippen LogP) is 3.78. The zero-order valence-corrected chi connectivity index (χ0v) is 16.9. The first-order chi connectivity index (χ1) is 13.4. The minimum Gasteiger partial charge on any atom is -0.337 e. The number of rotatable bonds is 7. The summed E-state index contributed by atoms with van der Waals surface area (Å²) in [5, 5.41) is 21.2. The monoisotopic (exact) mass is 401 g/mol. The maximum Gasteiger partial charge on any atom is 0.231 e. The van der Waals surface area contributed by atoms with Crippen molar-refractivity contribution < 1.29 is 9.18 Å². The first kappa shape index (κ1) is 20.3. The van der Waals surface area contributed by atoms with Gasteiger partial charge in [0.05, 0.1) is 17.4 Å². The summed E-state index contributed by atoms with van der Waals surface area (Å²) in [5.41, 5.74) is -0.344. The summed E-state index contributed by atoms with van der Waals surface area (Å²) in [6, 6.07) is 8.73. The number of nitriles is 1. The molecule has 28 heavy (non-hydrogen) atoms. The fourth-order valence-electron chi connectivity index (χ4n) is 3.44. The van der Waals surface area contributed by atoms with Gasteiger partial charge in [-0.25, -0.2) is 4.39 Å².